The molecule has 0 unspecified atom stereocenters. The van der Waals surface area contributed by atoms with E-state index in [1.54, 1.807) is 7.11 Å². The van der Waals surface area contributed by atoms with Crippen LogP contribution in [0.4, 0.5) is 0 Å². The van der Waals surface area contributed by atoms with Gasteiger partial charge < -0.3 is 9.57 Å². The SMILES string of the molecule is COc1ccc([C@H]2CC[C@@H]3CON=C32)cc1. The van der Waals surface area contributed by atoms with E-state index in [4.69, 9.17) is 9.57 Å². The Hall–Kier alpha value is -1.51. The van der Waals surface area contributed by atoms with Gasteiger partial charge in [-0.2, -0.15) is 0 Å². The van der Waals surface area contributed by atoms with Gasteiger partial charge in [0.25, 0.3) is 0 Å². The van der Waals surface area contributed by atoms with Crippen molar-refractivity contribution in [3.05, 3.63) is 29.8 Å². The monoisotopic (exact) mass is 217 g/mol. The molecule has 0 N–H and O–H groups in total. The number of methoxy groups -OCH3 is 1. The maximum Gasteiger partial charge on any atom is 0.125 e. The molecule has 0 bridgehead atoms. The van der Waals surface area contributed by atoms with E-state index in [1.165, 1.54) is 24.1 Å². The maximum atomic E-state index is 5.17. The molecule has 0 spiro atoms. The van der Waals surface area contributed by atoms with Crippen LogP contribution in [0.2, 0.25) is 0 Å². The highest BCUT2D eigenvalue weighted by atomic mass is 16.6. The van der Waals surface area contributed by atoms with Crippen LogP contribution in [0.15, 0.2) is 29.4 Å². The lowest BCUT2D eigenvalue weighted by Crippen LogP contribution is -2.10. The van der Waals surface area contributed by atoms with E-state index in [1.807, 2.05) is 12.1 Å². The fraction of sp³-hybridized carbons (Fsp3) is 0.462. The lowest BCUT2D eigenvalue weighted by Gasteiger charge is -2.10. The molecule has 3 nitrogen and oxygen atoms in total. The molecule has 0 radical (unpaired) electrons. The summed E-state index contributed by atoms with van der Waals surface area (Å²) < 4.78 is 5.16. The fourth-order valence-corrected chi connectivity index (χ4v) is 2.63. The summed E-state index contributed by atoms with van der Waals surface area (Å²) in [4.78, 5) is 5.17. The molecule has 2 atom stereocenters. The quantitative estimate of drug-likeness (QED) is 0.762. The Morgan fingerprint density at radius 1 is 1.25 bits per heavy atom. The lowest BCUT2D eigenvalue weighted by molar-refractivity contribution is 0.151. The van der Waals surface area contributed by atoms with E-state index in [0.29, 0.717) is 11.8 Å². The molecule has 1 fully saturated rings. The second kappa shape index (κ2) is 3.81. The molecular formula is C13H15NO2. The molecule has 16 heavy (non-hydrogen) atoms. The molecule has 1 saturated carbocycles. The van der Waals surface area contributed by atoms with Crippen molar-refractivity contribution >= 4 is 5.71 Å². The zero-order chi connectivity index (χ0) is 11.0. The first kappa shape index (κ1) is 9.70. The van der Waals surface area contributed by atoms with Crippen LogP contribution in [-0.2, 0) is 4.84 Å². The van der Waals surface area contributed by atoms with E-state index in [-0.39, 0.29) is 0 Å². The summed E-state index contributed by atoms with van der Waals surface area (Å²) in [6.07, 6.45) is 2.40. The molecule has 0 aromatic heterocycles. The molecule has 1 aliphatic carbocycles. The Morgan fingerprint density at radius 3 is 2.81 bits per heavy atom. The zero-order valence-corrected chi connectivity index (χ0v) is 9.35. The van der Waals surface area contributed by atoms with Crippen molar-refractivity contribution in [3.8, 4) is 5.75 Å². The van der Waals surface area contributed by atoms with Crippen molar-refractivity contribution in [2.24, 2.45) is 11.1 Å². The third-order valence-electron chi connectivity index (χ3n) is 3.54. The Labute approximate surface area is 95.1 Å². The van der Waals surface area contributed by atoms with Crippen LogP contribution in [0, 0.1) is 5.92 Å². The Balaban J connectivity index is 1.86. The van der Waals surface area contributed by atoms with Crippen molar-refractivity contribution in [1.29, 1.82) is 0 Å². The standard InChI is InChI=1S/C13H15NO2/c1-15-11-5-2-9(3-6-11)12-7-4-10-8-16-14-13(10)12/h2-3,5-6,10,12H,4,7-8H2,1H3/t10-,12-/m1/s1. The summed E-state index contributed by atoms with van der Waals surface area (Å²) in [5.74, 6) is 1.92. The summed E-state index contributed by atoms with van der Waals surface area (Å²) in [6, 6.07) is 8.29. The molecule has 1 aliphatic heterocycles. The van der Waals surface area contributed by atoms with Gasteiger partial charge in [0.15, 0.2) is 0 Å². The zero-order valence-electron chi connectivity index (χ0n) is 9.35. The largest absolute Gasteiger partial charge is 0.497 e. The van der Waals surface area contributed by atoms with Crippen molar-refractivity contribution in [2.75, 3.05) is 13.7 Å². The number of hydrogen-bond acceptors (Lipinski definition) is 3. The first-order valence-corrected chi connectivity index (χ1v) is 5.72. The fourth-order valence-electron chi connectivity index (χ4n) is 2.63. The molecule has 1 aromatic carbocycles. The summed E-state index contributed by atoms with van der Waals surface area (Å²) in [7, 11) is 1.69. The molecular weight excluding hydrogens is 202 g/mol. The van der Waals surface area contributed by atoms with Gasteiger partial charge in [0.05, 0.1) is 12.8 Å². The van der Waals surface area contributed by atoms with Gasteiger partial charge in [-0.1, -0.05) is 17.3 Å². The third-order valence-corrected chi connectivity index (χ3v) is 3.54. The van der Waals surface area contributed by atoms with E-state index < -0.39 is 0 Å². The summed E-state index contributed by atoms with van der Waals surface area (Å²) >= 11 is 0. The minimum absolute atomic E-state index is 0.457. The van der Waals surface area contributed by atoms with Crippen LogP contribution in [-0.4, -0.2) is 19.4 Å². The molecule has 1 heterocycles. The number of fused-ring (bicyclic) bond motifs is 1. The molecule has 2 aliphatic rings. The first-order valence-electron chi connectivity index (χ1n) is 5.72. The molecule has 3 heteroatoms. The Bertz CT molecular complexity index is 410. The van der Waals surface area contributed by atoms with Crippen LogP contribution in [0.3, 0.4) is 0 Å². The summed E-state index contributed by atoms with van der Waals surface area (Å²) in [5.41, 5.74) is 2.57. The second-order valence-electron chi connectivity index (χ2n) is 4.41. The second-order valence-corrected chi connectivity index (χ2v) is 4.41. The van der Waals surface area contributed by atoms with Crippen molar-refractivity contribution in [2.45, 2.75) is 18.8 Å². The van der Waals surface area contributed by atoms with E-state index in [2.05, 4.69) is 17.3 Å². The number of rotatable bonds is 2. The molecule has 3 rings (SSSR count). The highest BCUT2D eigenvalue weighted by Crippen LogP contribution is 2.39. The predicted octanol–water partition coefficient (Wildman–Crippen LogP) is 2.58. The number of hydrogen-bond donors (Lipinski definition) is 0. The van der Waals surface area contributed by atoms with Gasteiger partial charge in [-0.3, -0.25) is 0 Å². The van der Waals surface area contributed by atoms with Crippen molar-refractivity contribution in [1.82, 2.24) is 0 Å². The van der Waals surface area contributed by atoms with Gasteiger partial charge in [-0.15, -0.1) is 0 Å². The van der Waals surface area contributed by atoms with Crippen LogP contribution in [0.25, 0.3) is 0 Å². The van der Waals surface area contributed by atoms with E-state index >= 15 is 0 Å². The van der Waals surface area contributed by atoms with Gasteiger partial charge in [0.1, 0.15) is 12.4 Å². The highest BCUT2D eigenvalue weighted by molar-refractivity contribution is 5.95. The van der Waals surface area contributed by atoms with Gasteiger partial charge in [-0.05, 0) is 30.5 Å². The van der Waals surface area contributed by atoms with Crippen molar-refractivity contribution in [3.63, 3.8) is 0 Å². The highest BCUT2D eigenvalue weighted by Gasteiger charge is 2.37. The first-order chi connectivity index (χ1) is 7.88. The van der Waals surface area contributed by atoms with Gasteiger partial charge in [0, 0.05) is 11.8 Å². The molecule has 0 amide bonds. The smallest absolute Gasteiger partial charge is 0.125 e. The third kappa shape index (κ3) is 1.47. The predicted molar refractivity (Wildman–Crippen MR) is 61.8 cm³/mol. The average Bonchev–Trinajstić information content (AvgIpc) is 2.91. The lowest BCUT2D eigenvalue weighted by atomic mass is 9.95. The minimum Gasteiger partial charge on any atom is -0.497 e. The molecule has 1 aromatic rings. The topological polar surface area (TPSA) is 30.8 Å². The Morgan fingerprint density at radius 2 is 2.06 bits per heavy atom. The average molecular weight is 217 g/mol. The molecule has 0 saturated heterocycles. The normalized spacial score (nSPS) is 27.2. The van der Waals surface area contributed by atoms with Crippen molar-refractivity contribution < 1.29 is 9.57 Å². The van der Waals surface area contributed by atoms with E-state index in [9.17, 15) is 0 Å². The van der Waals surface area contributed by atoms with Crippen LogP contribution >= 0.6 is 0 Å². The van der Waals surface area contributed by atoms with Gasteiger partial charge in [0.2, 0.25) is 0 Å². The molecule has 84 valence electrons. The van der Waals surface area contributed by atoms with Crippen LogP contribution in [0.1, 0.15) is 24.3 Å². The van der Waals surface area contributed by atoms with Gasteiger partial charge >= 0.3 is 0 Å². The van der Waals surface area contributed by atoms with E-state index in [0.717, 1.165) is 12.4 Å². The minimum atomic E-state index is 0.457. The van der Waals surface area contributed by atoms with Gasteiger partial charge in [-0.25, -0.2) is 0 Å². The van der Waals surface area contributed by atoms with Crippen LogP contribution < -0.4 is 4.74 Å². The number of nitrogens with zero attached hydrogens (tertiary/aromatic N) is 1. The number of benzene rings is 1. The summed E-state index contributed by atoms with van der Waals surface area (Å²) in [5, 5.41) is 4.18. The summed E-state index contributed by atoms with van der Waals surface area (Å²) in [6.45, 7) is 0.780. The maximum absolute atomic E-state index is 5.17. The number of ether oxygens (including phenoxy) is 1. The Kier molecular flexibility index (Phi) is 2.31. The number of oxime groups is 1. The van der Waals surface area contributed by atoms with Crippen LogP contribution in [0.5, 0.6) is 5.75 Å².